The number of nitrogens with zero attached hydrogens (tertiary/aromatic N) is 8. The number of ether oxygens (including phenoxy) is 1. The SMILES string of the molecule is CSc1nc2nnc(-c3ccnc(N4CCOCC4)n3)c(C)n2n1. The number of aromatic nitrogens is 7. The van der Waals surface area contributed by atoms with Crippen LogP contribution < -0.4 is 4.90 Å². The van der Waals surface area contributed by atoms with Crippen LogP contribution in [-0.2, 0) is 4.74 Å². The van der Waals surface area contributed by atoms with E-state index < -0.39 is 0 Å². The maximum absolute atomic E-state index is 5.38. The van der Waals surface area contributed by atoms with Crippen LogP contribution in [0.1, 0.15) is 5.69 Å². The Kier molecular flexibility index (Phi) is 3.98. The van der Waals surface area contributed by atoms with Crippen LogP contribution in [0.4, 0.5) is 5.95 Å². The van der Waals surface area contributed by atoms with Crippen LogP contribution in [0.25, 0.3) is 17.2 Å². The fourth-order valence-corrected chi connectivity index (χ4v) is 2.90. The lowest BCUT2D eigenvalue weighted by Crippen LogP contribution is -2.37. The van der Waals surface area contributed by atoms with Crippen molar-refractivity contribution in [3.05, 3.63) is 18.0 Å². The van der Waals surface area contributed by atoms with Crippen LogP contribution in [0.3, 0.4) is 0 Å². The Morgan fingerprint density at radius 1 is 1.17 bits per heavy atom. The van der Waals surface area contributed by atoms with Crippen molar-refractivity contribution in [3.8, 4) is 11.4 Å². The van der Waals surface area contributed by atoms with Gasteiger partial charge in [-0.3, -0.25) is 0 Å². The normalized spacial score (nSPS) is 15.2. The van der Waals surface area contributed by atoms with Crippen LogP contribution in [0.5, 0.6) is 0 Å². The van der Waals surface area contributed by atoms with Gasteiger partial charge in [0.2, 0.25) is 11.1 Å². The summed E-state index contributed by atoms with van der Waals surface area (Å²) in [7, 11) is 0. The lowest BCUT2D eigenvalue weighted by molar-refractivity contribution is 0.122. The summed E-state index contributed by atoms with van der Waals surface area (Å²) in [6.45, 7) is 4.89. The molecule has 0 saturated carbocycles. The zero-order chi connectivity index (χ0) is 16.5. The smallest absolute Gasteiger partial charge is 0.272 e. The maximum atomic E-state index is 5.38. The van der Waals surface area contributed by atoms with Crippen LogP contribution in [0.2, 0.25) is 0 Å². The molecule has 24 heavy (non-hydrogen) atoms. The van der Waals surface area contributed by atoms with Crippen LogP contribution in [0, 0.1) is 6.92 Å². The van der Waals surface area contributed by atoms with Gasteiger partial charge in [0.1, 0.15) is 5.69 Å². The summed E-state index contributed by atoms with van der Waals surface area (Å²) in [6.07, 6.45) is 3.67. The van der Waals surface area contributed by atoms with Crippen molar-refractivity contribution < 1.29 is 4.74 Å². The second-order valence-electron chi connectivity index (χ2n) is 5.29. The highest BCUT2D eigenvalue weighted by Gasteiger charge is 2.17. The molecular formula is C14H16N8OS. The predicted octanol–water partition coefficient (Wildman–Crippen LogP) is 0.843. The number of hydrogen-bond donors (Lipinski definition) is 0. The van der Waals surface area contributed by atoms with E-state index in [-0.39, 0.29) is 0 Å². The molecular weight excluding hydrogens is 328 g/mol. The van der Waals surface area contributed by atoms with Crippen molar-refractivity contribution >= 4 is 23.5 Å². The van der Waals surface area contributed by atoms with Crippen LogP contribution >= 0.6 is 11.8 Å². The van der Waals surface area contributed by atoms with E-state index in [0.29, 0.717) is 35.8 Å². The topological polar surface area (TPSA) is 94.2 Å². The van der Waals surface area contributed by atoms with Gasteiger partial charge in [-0.15, -0.1) is 15.3 Å². The number of aryl methyl sites for hydroxylation is 1. The van der Waals surface area contributed by atoms with E-state index in [4.69, 9.17) is 4.74 Å². The molecule has 1 aliphatic rings. The van der Waals surface area contributed by atoms with E-state index >= 15 is 0 Å². The van der Waals surface area contributed by atoms with Gasteiger partial charge >= 0.3 is 0 Å². The first-order valence-corrected chi connectivity index (χ1v) is 8.79. The Morgan fingerprint density at radius 3 is 2.79 bits per heavy atom. The number of anilines is 1. The van der Waals surface area contributed by atoms with Gasteiger partial charge in [0, 0.05) is 19.3 Å². The Bertz CT molecular complexity index is 876. The Labute approximate surface area is 142 Å². The first-order chi connectivity index (χ1) is 11.8. The molecule has 0 aliphatic carbocycles. The Balaban J connectivity index is 1.75. The highest BCUT2D eigenvalue weighted by molar-refractivity contribution is 7.98. The van der Waals surface area contributed by atoms with Crippen LogP contribution in [0.15, 0.2) is 17.4 Å². The fraction of sp³-hybridized carbons (Fsp3) is 0.429. The number of rotatable bonds is 3. The minimum Gasteiger partial charge on any atom is -0.378 e. The molecule has 1 fully saturated rings. The second-order valence-corrected chi connectivity index (χ2v) is 6.06. The van der Waals surface area contributed by atoms with E-state index in [2.05, 4.69) is 35.1 Å². The number of fused-ring (bicyclic) bond motifs is 1. The van der Waals surface area contributed by atoms with Crippen molar-refractivity contribution in [2.45, 2.75) is 12.1 Å². The predicted molar refractivity (Wildman–Crippen MR) is 89.2 cm³/mol. The minimum absolute atomic E-state index is 0.489. The minimum atomic E-state index is 0.489. The highest BCUT2D eigenvalue weighted by atomic mass is 32.2. The van der Waals surface area contributed by atoms with E-state index in [1.54, 1.807) is 10.7 Å². The molecule has 3 aromatic rings. The summed E-state index contributed by atoms with van der Waals surface area (Å²) in [6, 6.07) is 1.83. The highest BCUT2D eigenvalue weighted by Crippen LogP contribution is 2.21. The first kappa shape index (κ1) is 15.2. The largest absolute Gasteiger partial charge is 0.378 e. The van der Waals surface area contributed by atoms with Crippen LogP contribution in [-0.4, -0.2) is 67.3 Å². The van der Waals surface area contributed by atoms with Gasteiger partial charge in [-0.2, -0.15) is 9.50 Å². The van der Waals surface area contributed by atoms with Crippen molar-refractivity contribution in [1.29, 1.82) is 0 Å². The standard InChI is InChI=1S/C14H16N8OS/c1-9-11(18-19-13-17-14(24-2)20-22(9)13)10-3-4-15-12(16-10)21-5-7-23-8-6-21/h3-4H,5-8H2,1-2H3. The molecule has 0 N–H and O–H groups in total. The molecule has 10 heteroatoms. The Morgan fingerprint density at radius 2 is 2.00 bits per heavy atom. The molecule has 1 aliphatic heterocycles. The average molecular weight is 344 g/mol. The van der Waals surface area contributed by atoms with E-state index in [1.165, 1.54) is 11.8 Å². The third-order valence-electron chi connectivity index (χ3n) is 3.83. The van der Waals surface area contributed by atoms with Crippen molar-refractivity contribution in [3.63, 3.8) is 0 Å². The van der Waals surface area contributed by atoms with E-state index in [0.717, 1.165) is 24.5 Å². The number of thioether (sulfide) groups is 1. The van der Waals surface area contributed by atoms with Gasteiger partial charge in [-0.1, -0.05) is 11.8 Å². The lowest BCUT2D eigenvalue weighted by Gasteiger charge is -2.26. The summed E-state index contributed by atoms with van der Waals surface area (Å²) in [4.78, 5) is 15.4. The third kappa shape index (κ3) is 2.67. The van der Waals surface area contributed by atoms with Gasteiger partial charge in [0.05, 0.1) is 24.6 Å². The first-order valence-electron chi connectivity index (χ1n) is 7.56. The van der Waals surface area contributed by atoms with E-state index in [1.807, 2.05) is 19.2 Å². The average Bonchev–Trinajstić information content (AvgIpc) is 3.07. The molecule has 124 valence electrons. The quantitative estimate of drug-likeness (QED) is 0.641. The zero-order valence-electron chi connectivity index (χ0n) is 13.4. The molecule has 0 unspecified atom stereocenters. The summed E-state index contributed by atoms with van der Waals surface area (Å²) in [5.74, 6) is 1.17. The molecule has 0 amide bonds. The fourth-order valence-electron chi connectivity index (χ4n) is 2.56. The van der Waals surface area contributed by atoms with Crippen molar-refractivity contribution in [1.82, 2.24) is 34.8 Å². The molecule has 4 rings (SSSR count). The molecule has 9 nitrogen and oxygen atoms in total. The monoisotopic (exact) mass is 344 g/mol. The summed E-state index contributed by atoms with van der Waals surface area (Å²) in [5.41, 5.74) is 2.25. The number of hydrogen-bond acceptors (Lipinski definition) is 9. The van der Waals surface area contributed by atoms with Gasteiger partial charge in [0.25, 0.3) is 5.78 Å². The molecule has 1 saturated heterocycles. The Hall–Kier alpha value is -2.33. The van der Waals surface area contributed by atoms with Gasteiger partial charge in [-0.05, 0) is 19.2 Å². The van der Waals surface area contributed by atoms with Gasteiger partial charge in [0.15, 0.2) is 0 Å². The van der Waals surface area contributed by atoms with E-state index in [9.17, 15) is 0 Å². The molecule has 4 heterocycles. The molecule has 0 spiro atoms. The van der Waals surface area contributed by atoms with Gasteiger partial charge in [-0.25, -0.2) is 9.97 Å². The molecule has 0 aromatic carbocycles. The summed E-state index contributed by atoms with van der Waals surface area (Å²) >= 11 is 1.47. The third-order valence-corrected chi connectivity index (χ3v) is 4.37. The summed E-state index contributed by atoms with van der Waals surface area (Å²) < 4.78 is 7.08. The number of morpholine rings is 1. The second kappa shape index (κ2) is 6.29. The molecule has 0 radical (unpaired) electrons. The lowest BCUT2D eigenvalue weighted by atomic mass is 10.2. The molecule has 0 bridgehead atoms. The molecule has 0 atom stereocenters. The van der Waals surface area contributed by atoms with Crippen molar-refractivity contribution in [2.75, 3.05) is 37.5 Å². The summed E-state index contributed by atoms with van der Waals surface area (Å²) in [5, 5.41) is 13.5. The van der Waals surface area contributed by atoms with Crippen molar-refractivity contribution in [2.24, 2.45) is 0 Å². The molecule has 3 aromatic heterocycles. The zero-order valence-corrected chi connectivity index (χ0v) is 14.2. The van der Waals surface area contributed by atoms with Gasteiger partial charge < -0.3 is 9.64 Å². The maximum Gasteiger partial charge on any atom is 0.272 e.